The van der Waals surface area contributed by atoms with Crippen LogP contribution in [0.3, 0.4) is 0 Å². The van der Waals surface area contributed by atoms with Gasteiger partial charge >= 0.3 is 0 Å². The van der Waals surface area contributed by atoms with Gasteiger partial charge in [-0.15, -0.1) is 0 Å². The van der Waals surface area contributed by atoms with Gasteiger partial charge in [0, 0.05) is 29.7 Å². The number of likely N-dealkylation sites (N-methyl/N-ethyl adjacent to an activating group) is 2. The van der Waals surface area contributed by atoms with Gasteiger partial charge in [0.2, 0.25) is 0 Å². The summed E-state index contributed by atoms with van der Waals surface area (Å²) in [6.45, 7) is 9.19. The lowest BCUT2D eigenvalue weighted by Crippen LogP contribution is -2.32. The third-order valence-electron chi connectivity index (χ3n) is 6.09. The maximum atomic E-state index is 13.1. The van der Waals surface area contributed by atoms with Gasteiger partial charge in [0.1, 0.15) is 5.82 Å². The Labute approximate surface area is 231 Å². The van der Waals surface area contributed by atoms with Crippen molar-refractivity contribution in [2.45, 2.75) is 20.4 Å². The molecule has 0 spiro atoms. The van der Waals surface area contributed by atoms with Crippen molar-refractivity contribution >= 4 is 39.6 Å². The first kappa shape index (κ1) is 29.2. The van der Waals surface area contributed by atoms with Crippen LogP contribution in [0.5, 0.6) is 0 Å². The van der Waals surface area contributed by atoms with Crippen LogP contribution in [-0.2, 0) is 6.54 Å². The van der Waals surface area contributed by atoms with Crippen molar-refractivity contribution < 1.29 is 14.0 Å². The molecule has 0 heterocycles. The highest BCUT2D eigenvalue weighted by Crippen LogP contribution is 2.22. The van der Waals surface area contributed by atoms with Gasteiger partial charge in [0.25, 0.3) is 11.8 Å². The van der Waals surface area contributed by atoms with Crippen molar-refractivity contribution in [3.8, 4) is 0 Å². The van der Waals surface area contributed by atoms with Crippen molar-refractivity contribution in [2.75, 3.05) is 38.5 Å². The van der Waals surface area contributed by atoms with Gasteiger partial charge in [-0.25, -0.2) is 9.82 Å². The molecule has 0 radical (unpaired) electrons. The molecule has 0 atom stereocenters. The molecule has 38 heavy (non-hydrogen) atoms. The van der Waals surface area contributed by atoms with Crippen molar-refractivity contribution in [3.63, 3.8) is 0 Å². The molecule has 0 bridgehead atoms. The number of rotatable bonds is 12. The number of carbonyl (C=O) groups excluding carboxylic acids is 2. The number of nitrogens with zero attached hydrogens (tertiary/aromatic N) is 3. The smallest absolute Gasteiger partial charge is 0.273 e. The summed E-state index contributed by atoms with van der Waals surface area (Å²) in [5.41, 5.74) is 5.29. The maximum absolute atomic E-state index is 13.1. The maximum Gasteiger partial charge on any atom is 0.273 e. The second-order valence-electron chi connectivity index (χ2n) is 8.86. The van der Waals surface area contributed by atoms with E-state index in [4.69, 9.17) is 0 Å². The molecular formula is C29H33BrFN5O2. The molecule has 0 saturated carbocycles. The van der Waals surface area contributed by atoms with E-state index in [0.717, 1.165) is 38.3 Å². The lowest BCUT2D eigenvalue weighted by atomic mass is 10.1. The van der Waals surface area contributed by atoms with Gasteiger partial charge in [-0.05, 0) is 73.7 Å². The summed E-state index contributed by atoms with van der Waals surface area (Å²) < 4.78 is 13.7. The molecule has 3 rings (SSSR count). The largest absolute Gasteiger partial charge is 0.321 e. The molecule has 0 aliphatic heterocycles. The number of benzene rings is 3. The van der Waals surface area contributed by atoms with Gasteiger partial charge in [0.05, 0.1) is 17.5 Å². The van der Waals surface area contributed by atoms with Gasteiger partial charge in [-0.1, -0.05) is 54.0 Å². The summed E-state index contributed by atoms with van der Waals surface area (Å²) in [6, 6.07) is 18.2. The first-order valence-electron chi connectivity index (χ1n) is 12.5. The molecule has 9 heteroatoms. The lowest BCUT2D eigenvalue weighted by molar-refractivity contribution is 0.0956. The first-order chi connectivity index (χ1) is 18.3. The second kappa shape index (κ2) is 14.5. The monoisotopic (exact) mass is 581 g/mol. The summed E-state index contributed by atoms with van der Waals surface area (Å²) >= 11 is 3.37. The zero-order valence-corrected chi connectivity index (χ0v) is 23.5. The van der Waals surface area contributed by atoms with Crippen molar-refractivity contribution in [1.82, 2.24) is 15.2 Å². The molecule has 0 unspecified atom stereocenters. The van der Waals surface area contributed by atoms with E-state index in [1.165, 1.54) is 18.3 Å². The molecule has 2 N–H and O–H groups in total. The number of hydrogen-bond donors (Lipinski definition) is 2. The summed E-state index contributed by atoms with van der Waals surface area (Å²) in [5, 5.41) is 6.76. The van der Waals surface area contributed by atoms with Crippen LogP contribution in [0.4, 0.5) is 10.1 Å². The number of hydrogen-bond acceptors (Lipinski definition) is 5. The van der Waals surface area contributed by atoms with Crippen molar-refractivity contribution in [3.05, 3.63) is 99.3 Å². The molecule has 200 valence electrons. The standard InChI is InChI=1S/C29H33BrFN5O2/c1-4-36(5-2)17-16-35(3)20-22-6-10-23(11-7-22)28(37)33-27-15-12-24(30)18-26(27)29(38)34-32-19-21-8-13-25(31)14-9-21/h6-15,18-19H,4-5,16-17,20H2,1-3H3,(H,33,37)(H,34,38). The number of anilines is 1. The minimum absolute atomic E-state index is 0.246. The summed E-state index contributed by atoms with van der Waals surface area (Å²) in [7, 11) is 2.09. The van der Waals surface area contributed by atoms with E-state index in [1.807, 2.05) is 12.1 Å². The first-order valence-corrected chi connectivity index (χ1v) is 13.3. The molecule has 0 aromatic heterocycles. The van der Waals surface area contributed by atoms with Gasteiger partial charge in [-0.3, -0.25) is 9.59 Å². The average molecular weight is 583 g/mol. The van der Waals surface area contributed by atoms with Crippen LogP contribution in [0.15, 0.2) is 76.3 Å². The van der Waals surface area contributed by atoms with E-state index < -0.39 is 5.91 Å². The Morgan fingerprint density at radius 1 is 0.947 bits per heavy atom. The zero-order valence-electron chi connectivity index (χ0n) is 21.9. The fourth-order valence-corrected chi connectivity index (χ4v) is 4.15. The van der Waals surface area contributed by atoms with Crippen LogP contribution in [0, 0.1) is 5.82 Å². The minimum atomic E-state index is -0.497. The third-order valence-corrected chi connectivity index (χ3v) is 6.58. The van der Waals surface area contributed by atoms with E-state index in [-0.39, 0.29) is 17.3 Å². The highest BCUT2D eigenvalue weighted by Gasteiger charge is 2.15. The quantitative estimate of drug-likeness (QED) is 0.222. The number of amides is 2. The fraction of sp³-hybridized carbons (Fsp3) is 0.276. The SMILES string of the molecule is CCN(CC)CCN(C)Cc1ccc(C(=O)Nc2ccc(Br)cc2C(=O)NN=Cc2ccc(F)cc2)cc1. The topological polar surface area (TPSA) is 77.0 Å². The van der Waals surface area contributed by atoms with Gasteiger partial charge in [0.15, 0.2) is 0 Å². The highest BCUT2D eigenvalue weighted by molar-refractivity contribution is 9.10. The van der Waals surface area contributed by atoms with Crippen LogP contribution in [0.25, 0.3) is 0 Å². The predicted molar refractivity (Wildman–Crippen MR) is 154 cm³/mol. The summed E-state index contributed by atoms with van der Waals surface area (Å²) in [4.78, 5) is 30.4. The molecular weight excluding hydrogens is 549 g/mol. The lowest BCUT2D eigenvalue weighted by Gasteiger charge is -2.23. The number of halogens is 2. The van der Waals surface area contributed by atoms with Crippen LogP contribution in [-0.4, -0.2) is 61.1 Å². The average Bonchev–Trinajstić information content (AvgIpc) is 2.91. The summed E-state index contributed by atoms with van der Waals surface area (Å²) in [6.07, 6.45) is 1.41. The highest BCUT2D eigenvalue weighted by atomic mass is 79.9. The number of carbonyl (C=O) groups is 2. The molecule has 0 fully saturated rings. The molecule has 0 aliphatic carbocycles. The molecule has 0 aliphatic rings. The van der Waals surface area contributed by atoms with Crippen LogP contribution in [0.2, 0.25) is 0 Å². The molecule has 3 aromatic rings. The van der Waals surface area contributed by atoms with Crippen LogP contribution >= 0.6 is 15.9 Å². The van der Waals surface area contributed by atoms with E-state index in [0.29, 0.717) is 21.3 Å². The Morgan fingerprint density at radius 3 is 2.29 bits per heavy atom. The molecule has 3 aromatic carbocycles. The summed E-state index contributed by atoms with van der Waals surface area (Å²) in [5.74, 6) is -1.17. The Kier molecular flexibility index (Phi) is 11.1. The number of hydrazone groups is 1. The molecule has 0 saturated heterocycles. The molecule has 2 amide bonds. The van der Waals surface area contributed by atoms with E-state index in [2.05, 4.69) is 62.5 Å². The Hall–Kier alpha value is -3.40. The van der Waals surface area contributed by atoms with E-state index >= 15 is 0 Å². The van der Waals surface area contributed by atoms with E-state index in [9.17, 15) is 14.0 Å². The fourth-order valence-electron chi connectivity index (χ4n) is 3.79. The Balaban J connectivity index is 1.61. The van der Waals surface area contributed by atoms with Crippen LogP contribution < -0.4 is 10.7 Å². The van der Waals surface area contributed by atoms with Gasteiger partial charge in [-0.2, -0.15) is 5.10 Å². The van der Waals surface area contributed by atoms with Crippen molar-refractivity contribution in [2.24, 2.45) is 5.10 Å². The normalized spacial score (nSPS) is 11.3. The minimum Gasteiger partial charge on any atom is -0.321 e. The van der Waals surface area contributed by atoms with Gasteiger partial charge < -0.3 is 15.1 Å². The third kappa shape index (κ3) is 8.86. The predicted octanol–water partition coefficient (Wildman–Crippen LogP) is 5.38. The zero-order chi connectivity index (χ0) is 27.5. The number of nitrogens with one attached hydrogen (secondary N) is 2. The van der Waals surface area contributed by atoms with Crippen molar-refractivity contribution in [1.29, 1.82) is 0 Å². The Bertz CT molecular complexity index is 1240. The molecule has 7 nitrogen and oxygen atoms in total. The van der Waals surface area contributed by atoms with Crippen LogP contribution in [0.1, 0.15) is 45.7 Å². The second-order valence-corrected chi connectivity index (χ2v) is 9.77. The van der Waals surface area contributed by atoms with E-state index in [1.54, 1.807) is 42.5 Å². The Morgan fingerprint density at radius 2 is 1.63 bits per heavy atom.